The Balaban J connectivity index is 1.92. The Morgan fingerprint density at radius 1 is 1.50 bits per heavy atom. The Labute approximate surface area is 111 Å². The van der Waals surface area contributed by atoms with Crippen molar-refractivity contribution in [2.75, 3.05) is 23.4 Å². The molecule has 1 aliphatic heterocycles. The van der Waals surface area contributed by atoms with Crippen molar-refractivity contribution in [1.82, 2.24) is 15.5 Å². The summed E-state index contributed by atoms with van der Waals surface area (Å²) in [6.07, 6.45) is 2.42. The number of rotatable bonds is 4. The fourth-order valence-corrected chi connectivity index (χ4v) is 2.92. The molecular formula is C12H18N4OS. The average Bonchev–Trinajstić information content (AvgIpc) is 2.41. The number of nitrogens with one attached hydrogen (secondary N) is 2. The number of hydrogen-bond donors (Lipinski definition) is 2. The van der Waals surface area contributed by atoms with Crippen LogP contribution in [-0.2, 0) is 0 Å². The number of carbonyl (C=O) groups excluding carboxylic acids is 1. The summed E-state index contributed by atoms with van der Waals surface area (Å²) >= 11 is 1.96. The van der Waals surface area contributed by atoms with Gasteiger partial charge in [0.2, 0.25) is 0 Å². The minimum Gasteiger partial charge on any atom is -0.365 e. The zero-order chi connectivity index (χ0) is 12.8. The second-order valence-corrected chi connectivity index (χ2v) is 5.37. The highest BCUT2D eigenvalue weighted by atomic mass is 32.2. The highest BCUT2D eigenvalue weighted by Gasteiger charge is 2.14. The minimum absolute atomic E-state index is 0.176. The van der Waals surface area contributed by atoms with E-state index in [1.807, 2.05) is 24.8 Å². The molecule has 2 rings (SSSR count). The topological polar surface area (TPSA) is 66.9 Å². The maximum atomic E-state index is 11.5. The largest absolute Gasteiger partial charge is 0.365 e. The van der Waals surface area contributed by atoms with Crippen molar-refractivity contribution in [2.24, 2.45) is 0 Å². The Hall–Kier alpha value is -1.30. The fraction of sp³-hybridized carbons (Fsp3) is 0.583. The van der Waals surface area contributed by atoms with Gasteiger partial charge in [0, 0.05) is 18.3 Å². The molecule has 5 nitrogen and oxygen atoms in total. The quantitative estimate of drug-likeness (QED) is 0.865. The molecule has 18 heavy (non-hydrogen) atoms. The molecule has 2 N–H and O–H groups in total. The summed E-state index contributed by atoms with van der Waals surface area (Å²) in [5, 5.41) is 14.0. The minimum atomic E-state index is -0.176. The van der Waals surface area contributed by atoms with Crippen molar-refractivity contribution >= 4 is 23.5 Å². The van der Waals surface area contributed by atoms with E-state index in [0.29, 0.717) is 18.3 Å². The third kappa shape index (κ3) is 3.60. The predicted octanol–water partition coefficient (Wildman–Crippen LogP) is 1.53. The van der Waals surface area contributed by atoms with E-state index in [1.54, 1.807) is 6.07 Å². The van der Waals surface area contributed by atoms with Crippen LogP contribution in [0.5, 0.6) is 0 Å². The monoisotopic (exact) mass is 266 g/mol. The van der Waals surface area contributed by atoms with Gasteiger partial charge in [-0.2, -0.15) is 11.8 Å². The smallest absolute Gasteiger partial charge is 0.271 e. The van der Waals surface area contributed by atoms with Crippen LogP contribution >= 0.6 is 11.8 Å². The van der Waals surface area contributed by atoms with E-state index in [4.69, 9.17) is 0 Å². The summed E-state index contributed by atoms with van der Waals surface area (Å²) in [5.41, 5.74) is 0.361. The Kier molecular flexibility index (Phi) is 4.81. The van der Waals surface area contributed by atoms with Crippen LogP contribution in [0.4, 0.5) is 5.82 Å². The van der Waals surface area contributed by atoms with E-state index in [2.05, 4.69) is 20.8 Å². The van der Waals surface area contributed by atoms with Crippen LogP contribution < -0.4 is 10.6 Å². The number of hydrogen-bond acceptors (Lipinski definition) is 5. The summed E-state index contributed by atoms with van der Waals surface area (Å²) in [5.74, 6) is 2.93. The van der Waals surface area contributed by atoms with Gasteiger partial charge in [-0.25, -0.2) is 0 Å². The van der Waals surface area contributed by atoms with Crippen LogP contribution in [0.25, 0.3) is 0 Å². The Morgan fingerprint density at radius 3 is 3.00 bits per heavy atom. The highest BCUT2D eigenvalue weighted by Crippen LogP contribution is 2.19. The van der Waals surface area contributed by atoms with Crippen LogP contribution in [0.1, 0.15) is 30.3 Å². The zero-order valence-electron chi connectivity index (χ0n) is 10.5. The fourth-order valence-electron chi connectivity index (χ4n) is 1.85. The lowest BCUT2D eigenvalue weighted by molar-refractivity contribution is 0.0950. The molecule has 1 aliphatic rings. The van der Waals surface area contributed by atoms with Gasteiger partial charge in [-0.05, 0) is 37.7 Å². The molecule has 1 atom stereocenters. The molecule has 1 fully saturated rings. The van der Waals surface area contributed by atoms with E-state index in [9.17, 15) is 4.79 Å². The summed E-state index contributed by atoms with van der Waals surface area (Å²) in [7, 11) is 0. The lowest BCUT2D eigenvalue weighted by Crippen LogP contribution is -2.27. The molecule has 1 saturated heterocycles. The van der Waals surface area contributed by atoms with E-state index in [-0.39, 0.29) is 5.91 Å². The molecule has 1 aromatic rings. The lowest BCUT2D eigenvalue weighted by atomic mass is 10.2. The maximum absolute atomic E-state index is 11.5. The second-order valence-electron chi connectivity index (χ2n) is 4.22. The molecule has 1 amide bonds. The molecule has 0 bridgehead atoms. The van der Waals surface area contributed by atoms with Crippen LogP contribution in [0, 0.1) is 0 Å². The molecule has 0 spiro atoms. The van der Waals surface area contributed by atoms with E-state index in [0.717, 1.165) is 11.6 Å². The van der Waals surface area contributed by atoms with Crippen LogP contribution in [-0.4, -0.2) is 40.2 Å². The summed E-state index contributed by atoms with van der Waals surface area (Å²) in [4.78, 5) is 11.5. The molecule has 6 heteroatoms. The van der Waals surface area contributed by atoms with Crippen LogP contribution in [0.2, 0.25) is 0 Å². The molecule has 98 valence electrons. The first-order valence-corrected chi connectivity index (χ1v) is 7.41. The van der Waals surface area contributed by atoms with E-state index in [1.165, 1.54) is 18.6 Å². The van der Waals surface area contributed by atoms with Gasteiger partial charge in [0.25, 0.3) is 5.91 Å². The first-order chi connectivity index (χ1) is 8.79. The van der Waals surface area contributed by atoms with Crippen molar-refractivity contribution in [1.29, 1.82) is 0 Å². The lowest BCUT2D eigenvalue weighted by Gasteiger charge is -2.22. The number of amides is 1. The van der Waals surface area contributed by atoms with Crippen molar-refractivity contribution in [3.05, 3.63) is 17.8 Å². The van der Waals surface area contributed by atoms with Crippen molar-refractivity contribution in [3.8, 4) is 0 Å². The number of nitrogens with zero attached hydrogens (tertiary/aromatic N) is 2. The molecule has 0 aromatic carbocycles. The normalized spacial score (nSPS) is 19.3. The SMILES string of the molecule is CCNC(=O)c1ccc(NC2CCCSC2)nn1. The molecule has 2 heterocycles. The molecule has 0 radical (unpaired) electrons. The zero-order valence-corrected chi connectivity index (χ0v) is 11.3. The molecule has 1 aromatic heterocycles. The predicted molar refractivity (Wildman–Crippen MR) is 74.0 cm³/mol. The summed E-state index contributed by atoms with van der Waals surface area (Å²) < 4.78 is 0. The summed E-state index contributed by atoms with van der Waals surface area (Å²) in [6, 6.07) is 3.99. The Bertz CT molecular complexity index is 390. The van der Waals surface area contributed by atoms with Gasteiger partial charge in [-0.1, -0.05) is 0 Å². The van der Waals surface area contributed by atoms with E-state index < -0.39 is 0 Å². The van der Waals surface area contributed by atoms with Crippen molar-refractivity contribution < 1.29 is 4.79 Å². The van der Waals surface area contributed by atoms with Crippen molar-refractivity contribution in [3.63, 3.8) is 0 Å². The molecular weight excluding hydrogens is 248 g/mol. The van der Waals surface area contributed by atoms with Gasteiger partial charge < -0.3 is 10.6 Å². The Morgan fingerprint density at radius 2 is 2.39 bits per heavy atom. The first kappa shape index (κ1) is 13.1. The third-order valence-corrected chi connectivity index (χ3v) is 3.96. The highest BCUT2D eigenvalue weighted by molar-refractivity contribution is 7.99. The van der Waals surface area contributed by atoms with Gasteiger partial charge in [-0.3, -0.25) is 4.79 Å². The number of anilines is 1. The molecule has 0 saturated carbocycles. The van der Waals surface area contributed by atoms with Gasteiger partial charge in [0.05, 0.1) is 0 Å². The third-order valence-electron chi connectivity index (χ3n) is 2.75. The van der Waals surface area contributed by atoms with Gasteiger partial charge in [0.1, 0.15) is 5.82 Å². The first-order valence-electron chi connectivity index (χ1n) is 6.26. The van der Waals surface area contributed by atoms with Crippen LogP contribution in [0.3, 0.4) is 0 Å². The summed E-state index contributed by atoms with van der Waals surface area (Å²) in [6.45, 7) is 2.47. The van der Waals surface area contributed by atoms with Crippen molar-refractivity contribution in [2.45, 2.75) is 25.8 Å². The van der Waals surface area contributed by atoms with Gasteiger partial charge in [0.15, 0.2) is 5.69 Å². The number of thioether (sulfide) groups is 1. The maximum Gasteiger partial charge on any atom is 0.271 e. The van der Waals surface area contributed by atoms with Gasteiger partial charge in [-0.15, -0.1) is 10.2 Å². The van der Waals surface area contributed by atoms with E-state index >= 15 is 0 Å². The van der Waals surface area contributed by atoms with Gasteiger partial charge >= 0.3 is 0 Å². The molecule has 1 unspecified atom stereocenters. The molecule has 0 aliphatic carbocycles. The second kappa shape index (κ2) is 6.58. The van der Waals surface area contributed by atoms with Crippen LogP contribution in [0.15, 0.2) is 12.1 Å². The standard InChI is InChI=1S/C12H18N4OS/c1-2-13-12(17)10-5-6-11(16-15-10)14-9-4-3-7-18-8-9/h5-6,9H,2-4,7-8H2,1H3,(H,13,17)(H,14,16). The number of aromatic nitrogens is 2. The number of carbonyl (C=O) groups is 1. The average molecular weight is 266 g/mol.